The second-order valence-electron chi connectivity index (χ2n) is 5.01. The zero-order valence-electron chi connectivity index (χ0n) is 12.7. The van der Waals surface area contributed by atoms with Gasteiger partial charge in [0, 0.05) is 18.8 Å². The summed E-state index contributed by atoms with van der Waals surface area (Å²) in [5, 5.41) is 4.57. The molecule has 4 heteroatoms. The van der Waals surface area contributed by atoms with Gasteiger partial charge in [-0.3, -0.25) is 4.68 Å². The summed E-state index contributed by atoms with van der Waals surface area (Å²) in [6.07, 6.45) is 0. The van der Waals surface area contributed by atoms with E-state index < -0.39 is 0 Å². The van der Waals surface area contributed by atoms with Crippen molar-refractivity contribution in [2.75, 3.05) is 11.4 Å². The van der Waals surface area contributed by atoms with Crippen molar-refractivity contribution in [2.24, 2.45) is 0 Å². The molecule has 0 bridgehead atoms. The number of aromatic nitrogens is 2. The summed E-state index contributed by atoms with van der Waals surface area (Å²) in [6, 6.07) is 8.70. The Balaban J connectivity index is 2.28. The van der Waals surface area contributed by atoms with E-state index in [4.69, 9.17) is 0 Å². The maximum Gasteiger partial charge on any atom is 0.0739 e. The van der Waals surface area contributed by atoms with Crippen molar-refractivity contribution in [2.45, 2.75) is 40.8 Å². The van der Waals surface area contributed by atoms with Crippen molar-refractivity contribution in [3.05, 3.63) is 45.7 Å². The summed E-state index contributed by atoms with van der Waals surface area (Å²) in [4.78, 5) is 2.37. The van der Waals surface area contributed by atoms with Crippen LogP contribution in [0, 0.1) is 13.8 Å². The minimum Gasteiger partial charge on any atom is -0.366 e. The Morgan fingerprint density at radius 3 is 2.35 bits per heavy atom. The fraction of sp³-hybridized carbons (Fsp3) is 0.438. The second kappa shape index (κ2) is 6.44. The van der Waals surface area contributed by atoms with Crippen LogP contribution in [0.1, 0.15) is 30.8 Å². The van der Waals surface area contributed by atoms with Crippen LogP contribution in [0.4, 0.5) is 5.69 Å². The molecule has 0 spiro atoms. The molecule has 0 aliphatic rings. The predicted molar refractivity (Wildman–Crippen MR) is 88.2 cm³/mol. The molecule has 1 aromatic carbocycles. The van der Waals surface area contributed by atoms with Gasteiger partial charge in [-0.05, 0) is 55.8 Å². The van der Waals surface area contributed by atoms with Crippen LogP contribution in [0.5, 0.6) is 0 Å². The average Bonchev–Trinajstić information content (AvgIpc) is 2.73. The van der Waals surface area contributed by atoms with Gasteiger partial charge in [0.1, 0.15) is 0 Å². The van der Waals surface area contributed by atoms with Crippen LogP contribution < -0.4 is 4.90 Å². The lowest BCUT2D eigenvalue weighted by molar-refractivity contribution is 0.607. The Hall–Kier alpha value is -1.29. The molecule has 0 unspecified atom stereocenters. The molecule has 3 nitrogen and oxygen atoms in total. The molecule has 20 heavy (non-hydrogen) atoms. The molecule has 0 radical (unpaired) electrons. The molecular formula is C16H22BrN3. The lowest BCUT2D eigenvalue weighted by Crippen LogP contribution is -2.24. The van der Waals surface area contributed by atoms with Crippen LogP contribution in [0.2, 0.25) is 0 Å². The van der Waals surface area contributed by atoms with Gasteiger partial charge in [-0.15, -0.1) is 0 Å². The minimum absolute atomic E-state index is 0.870. The van der Waals surface area contributed by atoms with E-state index in [1.165, 1.54) is 16.9 Å². The third kappa shape index (κ3) is 3.06. The van der Waals surface area contributed by atoms with E-state index >= 15 is 0 Å². The van der Waals surface area contributed by atoms with E-state index in [1.54, 1.807) is 0 Å². The van der Waals surface area contributed by atoms with E-state index in [2.05, 4.69) is 75.6 Å². The van der Waals surface area contributed by atoms with Crippen molar-refractivity contribution >= 4 is 21.6 Å². The van der Waals surface area contributed by atoms with Gasteiger partial charge >= 0.3 is 0 Å². The van der Waals surface area contributed by atoms with E-state index in [-0.39, 0.29) is 0 Å². The molecule has 2 aromatic rings. The third-order valence-electron chi connectivity index (χ3n) is 3.57. The Morgan fingerprint density at radius 1 is 1.15 bits per heavy atom. The second-order valence-corrected chi connectivity index (χ2v) is 5.80. The first-order valence-corrected chi connectivity index (χ1v) is 7.89. The quantitative estimate of drug-likeness (QED) is 0.811. The van der Waals surface area contributed by atoms with Gasteiger partial charge in [0.15, 0.2) is 0 Å². The zero-order chi connectivity index (χ0) is 14.7. The van der Waals surface area contributed by atoms with Crippen molar-refractivity contribution in [1.82, 2.24) is 9.78 Å². The van der Waals surface area contributed by atoms with Crippen molar-refractivity contribution in [3.8, 4) is 0 Å². The first kappa shape index (κ1) is 15.1. The molecule has 0 aliphatic carbocycles. The van der Waals surface area contributed by atoms with E-state index in [1.807, 2.05) is 6.92 Å². The highest BCUT2D eigenvalue weighted by Gasteiger charge is 2.15. The smallest absolute Gasteiger partial charge is 0.0739 e. The Bertz CT molecular complexity index is 572. The summed E-state index contributed by atoms with van der Waals surface area (Å²) in [5.74, 6) is 0. The van der Waals surface area contributed by atoms with Crippen LogP contribution in [0.3, 0.4) is 0 Å². The fourth-order valence-corrected chi connectivity index (χ4v) is 2.75. The number of hydrogen-bond donors (Lipinski definition) is 0. The van der Waals surface area contributed by atoms with Crippen LogP contribution in [0.25, 0.3) is 0 Å². The number of halogens is 1. The van der Waals surface area contributed by atoms with Gasteiger partial charge in [-0.1, -0.05) is 17.7 Å². The summed E-state index contributed by atoms with van der Waals surface area (Å²) in [7, 11) is 0. The maximum atomic E-state index is 4.57. The standard InChI is InChI=1S/C16H22BrN3/c1-5-19(14-9-7-12(3)8-10-14)11-15-16(17)13(4)18-20(15)6-2/h7-10H,5-6,11H2,1-4H3. The van der Waals surface area contributed by atoms with Crippen molar-refractivity contribution < 1.29 is 0 Å². The van der Waals surface area contributed by atoms with Gasteiger partial charge < -0.3 is 4.90 Å². The first-order chi connectivity index (χ1) is 9.56. The number of hydrogen-bond acceptors (Lipinski definition) is 2. The largest absolute Gasteiger partial charge is 0.366 e. The fourth-order valence-electron chi connectivity index (χ4n) is 2.34. The molecule has 0 saturated carbocycles. The van der Waals surface area contributed by atoms with Crippen LogP contribution >= 0.6 is 15.9 Å². The highest BCUT2D eigenvalue weighted by atomic mass is 79.9. The number of anilines is 1. The highest BCUT2D eigenvalue weighted by molar-refractivity contribution is 9.10. The van der Waals surface area contributed by atoms with E-state index in [0.29, 0.717) is 0 Å². The monoisotopic (exact) mass is 335 g/mol. The summed E-state index contributed by atoms with van der Waals surface area (Å²) in [6.45, 7) is 11.2. The molecule has 0 atom stereocenters. The normalized spacial score (nSPS) is 10.8. The molecule has 2 rings (SSSR count). The third-order valence-corrected chi connectivity index (χ3v) is 4.61. The van der Waals surface area contributed by atoms with Gasteiger partial charge in [-0.2, -0.15) is 5.10 Å². The molecule has 0 N–H and O–H groups in total. The Labute approximate surface area is 129 Å². The lowest BCUT2D eigenvalue weighted by atomic mass is 10.2. The van der Waals surface area contributed by atoms with Gasteiger partial charge in [0.25, 0.3) is 0 Å². The topological polar surface area (TPSA) is 21.1 Å². The minimum atomic E-state index is 0.870. The zero-order valence-corrected chi connectivity index (χ0v) is 14.2. The summed E-state index contributed by atoms with van der Waals surface area (Å²) in [5.41, 5.74) is 4.85. The maximum absolute atomic E-state index is 4.57. The van der Waals surface area contributed by atoms with Crippen LogP contribution in [-0.4, -0.2) is 16.3 Å². The molecular weight excluding hydrogens is 314 g/mol. The summed E-state index contributed by atoms with van der Waals surface area (Å²) < 4.78 is 3.21. The molecule has 0 fully saturated rings. The Kier molecular flexibility index (Phi) is 4.86. The van der Waals surface area contributed by atoms with E-state index in [0.717, 1.165) is 29.8 Å². The highest BCUT2D eigenvalue weighted by Crippen LogP contribution is 2.25. The molecule has 1 aromatic heterocycles. The number of benzene rings is 1. The van der Waals surface area contributed by atoms with Crippen molar-refractivity contribution in [3.63, 3.8) is 0 Å². The number of rotatable bonds is 5. The van der Waals surface area contributed by atoms with E-state index in [9.17, 15) is 0 Å². The number of nitrogens with zero attached hydrogens (tertiary/aromatic N) is 3. The predicted octanol–water partition coefficient (Wildman–Crippen LogP) is 4.31. The van der Waals surface area contributed by atoms with Gasteiger partial charge in [-0.25, -0.2) is 0 Å². The van der Waals surface area contributed by atoms with Crippen LogP contribution in [0.15, 0.2) is 28.7 Å². The first-order valence-electron chi connectivity index (χ1n) is 7.10. The average molecular weight is 336 g/mol. The molecule has 0 amide bonds. The SMILES string of the molecule is CCN(Cc1c(Br)c(C)nn1CC)c1ccc(C)cc1. The summed E-state index contributed by atoms with van der Waals surface area (Å²) >= 11 is 3.67. The lowest BCUT2D eigenvalue weighted by Gasteiger charge is -2.24. The molecule has 0 saturated heterocycles. The van der Waals surface area contributed by atoms with Gasteiger partial charge in [0.2, 0.25) is 0 Å². The van der Waals surface area contributed by atoms with Crippen LogP contribution in [-0.2, 0) is 13.1 Å². The van der Waals surface area contributed by atoms with Gasteiger partial charge in [0.05, 0.1) is 22.4 Å². The van der Waals surface area contributed by atoms with Crippen molar-refractivity contribution in [1.29, 1.82) is 0 Å². The Morgan fingerprint density at radius 2 is 1.80 bits per heavy atom. The molecule has 1 heterocycles. The molecule has 0 aliphatic heterocycles. The molecule has 108 valence electrons. The number of aryl methyl sites for hydroxylation is 3.